The van der Waals surface area contributed by atoms with Crippen LogP contribution in [0.2, 0.25) is 0 Å². The largest absolute Gasteiger partial charge is 0.507 e. The Morgan fingerprint density at radius 1 is 1.25 bits per heavy atom. The van der Waals surface area contributed by atoms with Gasteiger partial charge in [-0.3, -0.25) is 0 Å². The van der Waals surface area contributed by atoms with Crippen LogP contribution in [0.4, 0.5) is 4.79 Å². The highest BCUT2D eigenvalue weighted by Crippen LogP contribution is 2.26. The summed E-state index contributed by atoms with van der Waals surface area (Å²) < 4.78 is 10.8. The highest BCUT2D eigenvalue weighted by molar-refractivity contribution is 5.94. The molecule has 1 aromatic carbocycles. The van der Waals surface area contributed by atoms with Gasteiger partial charge >= 0.3 is 12.1 Å². The Labute approximate surface area is 190 Å². The van der Waals surface area contributed by atoms with Crippen molar-refractivity contribution in [2.24, 2.45) is 5.92 Å². The van der Waals surface area contributed by atoms with E-state index in [-0.39, 0.29) is 17.2 Å². The van der Waals surface area contributed by atoms with Crippen molar-refractivity contribution in [2.45, 2.75) is 77.4 Å². The van der Waals surface area contributed by atoms with Crippen molar-refractivity contribution in [1.82, 2.24) is 5.32 Å². The number of aromatic hydroxyl groups is 1. The topological polar surface area (TPSA) is 105 Å². The zero-order valence-electron chi connectivity index (χ0n) is 19.2. The van der Waals surface area contributed by atoms with E-state index in [1.807, 2.05) is 19.1 Å². The Morgan fingerprint density at radius 3 is 2.84 bits per heavy atom. The van der Waals surface area contributed by atoms with Gasteiger partial charge in [0.25, 0.3) is 0 Å². The van der Waals surface area contributed by atoms with Crippen LogP contribution in [-0.4, -0.2) is 47.6 Å². The number of alkyl carbamates (subject to hydrolysis) is 1. The van der Waals surface area contributed by atoms with Gasteiger partial charge in [-0.05, 0) is 49.7 Å². The molecule has 1 aliphatic rings. The molecular formula is C25H37NO6. The van der Waals surface area contributed by atoms with Crippen LogP contribution in [0.3, 0.4) is 0 Å². The summed E-state index contributed by atoms with van der Waals surface area (Å²) in [5.41, 5.74) is 0.866. The van der Waals surface area contributed by atoms with Gasteiger partial charge in [0.05, 0.1) is 12.7 Å². The molecule has 32 heavy (non-hydrogen) atoms. The van der Waals surface area contributed by atoms with E-state index in [9.17, 15) is 19.8 Å². The third kappa shape index (κ3) is 8.54. The van der Waals surface area contributed by atoms with Crippen molar-refractivity contribution in [1.29, 1.82) is 0 Å². The minimum absolute atomic E-state index is 0.0201. The predicted molar refractivity (Wildman–Crippen MR) is 123 cm³/mol. The van der Waals surface area contributed by atoms with Crippen molar-refractivity contribution in [3.8, 4) is 5.75 Å². The lowest BCUT2D eigenvalue weighted by molar-refractivity contribution is 0.00281. The molecule has 178 valence electrons. The molecule has 0 spiro atoms. The van der Waals surface area contributed by atoms with Crippen molar-refractivity contribution in [3.05, 3.63) is 41.5 Å². The number of ether oxygens (including phenoxy) is 2. The first-order valence-electron chi connectivity index (χ1n) is 11.7. The van der Waals surface area contributed by atoms with Gasteiger partial charge in [-0.25, -0.2) is 9.59 Å². The Hall–Kier alpha value is -2.54. The molecule has 2 rings (SSSR count). The predicted octanol–water partition coefficient (Wildman–Crippen LogP) is 4.50. The number of phenolic OH excluding ortho intramolecular Hbond substituents is 1. The molecule has 0 saturated carbocycles. The second-order valence-electron chi connectivity index (χ2n) is 8.44. The van der Waals surface area contributed by atoms with E-state index < -0.39 is 24.3 Å². The molecule has 1 aliphatic heterocycles. The van der Waals surface area contributed by atoms with Crippen molar-refractivity contribution in [2.75, 3.05) is 13.2 Å². The number of cyclic esters (lactones) is 1. The number of esters is 1. The van der Waals surface area contributed by atoms with Crippen LogP contribution in [0.1, 0.15) is 74.7 Å². The Balaban J connectivity index is 1.98. The number of unbranched alkanes of at least 4 members (excludes halogenated alkanes) is 2. The van der Waals surface area contributed by atoms with Crippen LogP contribution in [0.25, 0.3) is 0 Å². The number of hydrogen-bond acceptors (Lipinski definition) is 6. The third-order valence-corrected chi connectivity index (χ3v) is 5.73. The molecule has 7 heteroatoms. The highest BCUT2D eigenvalue weighted by Gasteiger charge is 2.25. The molecule has 3 N–H and O–H groups in total. The van der Waals surface area contributed by atoms with Crippen LogP contribution < -0.4 is 5.32 Å². The minimum atomic E-state index is -0.628. The van der Waals surface area contributed by atoms with Gasteiger partial charge in [-0.15, -0.1) is 0 Å². The monoisotopic (exact) mass is 447 g/mol. The van der Waals surface area contributed by atoms with E-state index in [2.05, 4.69) is 12.2 Å². The summed E-state index contributed by atoms with van der Waals surface area (Å²) in [6.07, 6.45) is 7.82. The van der Waals surface area contributed by atoms with Gasteiger partial charge < -0.3 is 25.0 Å². The molecule has 0 saturated heterocycles. The standard InChI is InChI=1S/C25H37NO6/c1-3-4-7-16-31-25(30)26-15-9-13-20-17-22(28)18(2)10-5-6-11-19-12-8-14-21(27)23(19)24(29)32-20/h5-6,8,12,14,18,20,22,27-28H,3-4,7,9-11,13,15-17H2,1-2H3,(H,26,30)/b6-5+/t18-,20-,22+/m0/s1. The quantitative estimate of drug-likeness (QED) is 0.308. The van der Waals surface area contributed by atoms with Gasteiger partial charge in [0, 0.05) is 13.0 Å². The van der Waals surface area contributed by atoms with Gasteiger partial charge in [-0.2, -0.15) is 0 Å². The molecule has 0 radical (unpaired) electrons. The van der Waals surface area contributed by atoms with Gasteiger partial charge in [0.15, 0.2) is 0 Å². The number of aliphatic hydroxyl groups excluding tert-OH is 1. The average Bonchev–Trinajstić information content (AvgIpc) is 2.76. The fraction of sp³-hybridized carbons (Fsp3) is 0.600. The van der Waals surface area contributed by atoms with Crippen LogP contribution in [0.15, 0.2) is 30.4 Å². The summed E-state index contributed by atoms with van der Waals surface area (Å²) >= 11 is 0. The highest BCUT2D eigenvalue weighted by atomic mass is 16.6. The van der Waals surface area contributed by atoms with E-state index in [4.69, 9.17) is 9.47 Å². The lowest BCUT2D eigenvalue weighted by atomic mass is 9.93. The number of benzene rings is 1. The lowest BCUT2D eigenvalue weighted by Crippen LogP contribution is -2.30. The molecule has 7 nitrogen and oxygen atoms in total. The number of fused-ring (bicyclic) bond motifs is 1. The zero-order chi connectivity index (χ0) is 23.3. The first-order chi connectivity index (χ1) is 15.4. The number of amides is 1. The molecule has 0 aliphatic carbocycles. The normalized spacial score (nSPS) is 22.6. The van der Waals surface area contributed by atoms with Crippen LogP contribution in [-0.2, 0) is 15.9 Å². The Kier molecular flexibility index (Phi) is 11.1. The zero-order valence-corrected chi connectivity index (χ0v) is 19.2. The lowest BCUT2D eigenvalue weighted by Gasteiger charge is -2.25. The smallest absolute Gasteiger partial charge is 0.407 e. The van der Waals surface area contributed by atoms with Gasteiger partial charge in [-0.1, -0.05) is 51.0 Å². The number of carbonyl (C=O) groups is 2. The van der Waals surface area contributed by atoms with Crippen LogP contribution >= 0.6 is 0 Å². The third-order valence-electron chi connectivity index (χ3n) is 5.73. The fourth-order valence-corrected chi connectivity index (χ4v) is 3.70. The molecule has 0 bridgehead atoms. The Bertz CT molecular complexity index is 763. The van der Waals surface area contributed by atoms with Crippen LogP contribution in [0, 0.1) is 5.92 Å². The summed E-state index contributed by atoms with van der Waals surface area (Å²) in [5, 5.41) is 23.6. The van der Waals surface area contributed by atoms with E-state index in [0.29, 0.717) is 50.8 Å². The molecule has 1 amide bonds. The number of allylic oxidation sites excluding steroid dienone is 2. The van der Waals surface area contributed by atoms with E-state index in [0.717, 1.165) is 19.3 Å². The molecule has 1 aromatic rings. The molecular weight excluding hydrogens is 410 g/mol. The van der Waals surface area contributed by atoms with Crippen molar-refractivity contribution < 1.29 is 29.3 Å². The molecule has 0 fully saturated rings. The first kappa shape index (κ1) is 25.7. The molecule has 0 unspecified atom stereocenters. The van der Waals surface area contributed by atoms with E-state index in [1.54, 1.807) is 12.1 Å². The second-order valence-corrected chi connectivity index (χ2v) is 8.44. The molecule has 0 aromatic heterocycles. The maximum absolute atomic E-state index is 12.9. The second kappa shape index (κ2) is 13.8. The number of rotatable bonds is 8. The SMILES string of the molecule is CCCCCOC(=O)NCCC[C@H]1C[C@@H](O)[C@@H](C)C/C=C/Cc2cccc(O)c2C(=O)O1. The number of phenols is 1. The van der Waals surface area contributed by atoms with Crippen molar-refractivity contribution >= 4 is 12.1 Å². The van der Waals surface area contributed by atoms with E-state index >= 15 is 0 Å². The number of hydrogen-bond donors (Lipinski definition) is 3. The fourth-order valence-electron chi connectivity index (χ4n) is 3.70. The van der Waals surface area contributed by atoms with Gasteiger partial charge in [0.1, 0.15) is 17.4 Å². The summed E-state index contributed by atoms with van der Waals surface area (Å²) in [6.45, 7) is 4.84. The summed E-state index contributed by atoms with van der Waals surface area (Å²) in [5.74, 6) is -0.690. The van der Waals surface area contributed by atoms with E-state index in [1.165, 1.54) is 6.07 Å². The summed E-state index contributed by atoms with van der Waals surface area (Å²) in [6, 6.07) is 4.98. The number of aliphatic hydroxyl groups is 1. The number of nitrogens with one attached hydrogen (secondary N) is 1. The number of carbonyl (C=O) groups excluding carboxylic acids is 2. The molecule has 3 atom stereocenters. The maximum Gasteiger partial charge on any atom is 0.407 e. The van der Waals surface area contributed by atoms with Crippen LogP contribution in [0.5, 0.6) is 5.75 Å². The summed E-state index contributed by atoms with van der Waals surface area (Å²) in [7, 11) is 0. The maximum atomic E-state index is 12.9. The average molecular weight is 448 g/mol. The molecule has 1 heterocycles. The minimum Gasteiger partial charge on any atom is -0.507 e. The summed E-state index contributed by atoms with van der Waals surface area (Å²) in [4.78, 5) is 24.6. The first-order valence-corrected chi connectivity index (χ1v) is 11.7. The Morgan fingerprint density at radius 2 is 2.06 bits per heavy atom. The van der Waals surface area contributed by atoms with Crippen molar-refractivity contribution in [3.63, 3.8) is 0 Å². The van der Waals surface area contributed by atoms with Gasteiger partial charge in [0.2, 0.25) is 0 Å².